The van der Waals surface area contributed by atoms with Gasteiger partial charge in [-0.1, -0.05) is 13.0 Å². The van der Waals surface area contributed by atoms with Gasteiger partial charge in [-0.15, -0.1) is 0 Å². The quantitative estimate of drug-likeness (QED) is 0.435. The molecular weight excluding hydrogens is 438 g/mol. The molecule has 0 heterocycles. The molecule has 1 atom stereocenters. The van der Waals surface area contributed by atoms with Crippen molar-refractivity contribution in [1.82, 2.24) is 5.48 Å². The number of nitrogens with one attached hydrogen (secondary N) is 2. The summed E-state index contributed by atoms with van der Waals surface area (Å²) in [5.74, 6) is -1.13. The number of halogens is 2. The largest absolute Gasteiger partial charge is 0.394 e. The number of para-hydroxylation sites is 1. The van der Waals surface area contributed by atoms with Crippen LogP contribution in [0.25, 0.3) is 0 Å². The molecule has 0 saturated carbocycles. The first kappa shape index (κ1) is 19.6. The lowest BCUT2D eigenvalue weighted by molar-refractivity contribution is -0.0408. The fourth-order valence-electron chi connectivity index (χ4n) is 2.18. The van der Waals surface area contributed by atoms with E-state index in [0.29, 0.717) is 12.1 Å². The monoisotopic (exact) mass is 458 g/mol. The number of benzene rings is 2. The Bertz CT molecular complexity index is 751. The molecule has 0 bridgehead atoms. The van der Waals surface area contributed by atoms with E-state index >= 15 is 0 Å². The number of aliphatic hydroxyl groups excluding tert-OH is 1. The number of anilines is 2. The normalized spacial score (nSPS) is 11.9. The maximum atomic E-state index is 14.3. The highest BCUT2D eigenvalue weighted by atomic mass is 127. The maximum Gasteiger partial charge on any atom is 0.277 e. The van der Waals surface area contributed by atoms with E-state index in [4.69, 9.17) is 9.94 Å². The van der Waals surface area contributed by atoms with Crippen LogP contribution in [0.2, 0.25) is 0 Å². The van der Waals surface area contributed by atoms with Gasteiger partial charge in [0.2, 0.25) is 0 Å². The summed E-state index contributed by atoms with van der Waals surface area (Å²) in [6.45, 7) is 3.51. The molecule has 2 aromatic carbocycles. The summed E-state index contributed by atoms with van der Waals surface area (Å²) in [6, 6.07) is 9.93. The summed E-state index contributed by atoms with van der Waals surface area (Å²) >= 11 is 2.20. The van der Waals surface area contributed by atoms with E-state index in [1.807, 2.05) is 32.0 Å². The smallest absolute Gasteiger partial charge is 0.277 e. The molecule has 2 rings (SSSR count). The van der Waals surface area contributed by atoms with Crippen LogP contribution in [-0.2, 0) is 4.84 Å². The molecular formula is C18H20FIN2O3. The Hall–Kier alpha value is -1.71. The Morgan fingerprint density at radius 3 is 2.76 bits per heavy atom. The highest BCUT2D eigenvalue weighted by Gasteiger charge is 2.17. The van der Waals surface area contributed by atoms with Gasteiger partial charge in [0.1, 0.15) is 11.9 Å². The van der Waals surface area contributed by atoms with Gasteiger partial charge >= 0.3 is 0 Å². The van der Waals surface area contributed by atoms with Crippen molar-refractivity contribution in [3.05, 3.63) is 56.9 Å². The first-order valence-corrected chi connectivity index (χ1v) is 8.92. The SMILES string of the molecule is CCC(CO)ONC(=O)c1cccc(F)c1Nc1ccc(I)cc1C. The van der Waals surface area contributed by atoms with Crippen molar-refractivity contribution in [1.29, 1.82) is 0 Å². The van der Waals surface area contributed by atoms with Crippen LogP contribution in [0.3, 0.4) is 0 Å². The number of aliphatic hydroxyl groups is 1. The van der Waals surface area contributed by atoms with Crippen molar-refractivity contribution < 1.29 is 19.1 Å². The van der Waals surface area contributed by atoms with Crippen molar-refractivity contribution in [2.75, 3.05) is 11.9 Å². The summed E-state index contributed by atoms with van der Waals surface area (Å²) in [6.07, 6.45) is 0.0275. The van der Waals surface area contributed by atoms with Gasteiger partial charge in [-0.05, 0) is 71.8 Å². The first-order chi connectivity index (χ1) is 12.0. The molecule has 3 N–H and O–H groups in total. The molecule has 1 unspecified atom stereocenters. The lowest BCUT2D eigenvalue weighted by atomic mass is 10.1. The second-order valence-electron chi connectivity index (χ2n) is 5.51. The average molecular weight is 458 g/mol. The topological polar surface area (TPSA) is 70.6 Å². The molecule has 134 valence electrons. The van der Waals surface area contributed by atoms with E-state index in [2.05, 4.69) is 33.4 Å². The standard InChI is InChI=1S/C18H20FIN2O3/c1-3-13(10-23)25-22-18(24)14-5-4-6-15(19)17(14)21-16-8-7-12(20)9-11(16)2/h4-9,13,21,23H,3,10H2,1-2H3,(H,22,24). The zero-order valence-corrected chi connectivity index (χ0v) is 16.1. The molecule has 0 saturated heterocycles. The molecule has 0 aliphatic carbocycles. The van der Waals surface area contributed by atoms with Crippen molar-refractivity contribution in [2.24, 2.45) is 0 Å². The van der Waals surface area contributed by atoms with E-state index in [1.165, 1.54) is 18.2 Å². The van der Waals surface area contributed by atoms with Crippen LogP contribution in [0.1, 0.15) is 29.3 Å². The van der Waals surface area contributed by atoms with Crippen molar-refractivity contribution in [2.45, 2.75) is 26.4 Å². The summed E-state index contributed by atoms with van der Waals surface area (Å²) in [4.78, 5) is 17.5. The predicted molar refractivity (Wildman–Crippen MR) is 103 cm³/mol. The zero-order valence-electron chi connectivity index (χ0n) is 14.0. The van der Waals surface area contributed by atoms with E-state index in [-0.39, 0.29) is 17.9 Å². The van der Waals surface area contributed by atoms with E-state index in [1.54, 1.807) is 0 Å². The van der Waals surface area contributed by atoms with Crippen LogP contribution in [0, 0.1) is 16.3 Å². The number of hydrogen-bond acceptors (Lipinski definition) is 4. The number of hydroxylamine groups is 1. The minimum Gasteiger partial charge on any atom is -0.394 e. The Morgan fingerprint density at radius 1 is 1.36 bits per heavy atom. The van der Waals surface area contributed by atoms with Gasteiger partial charge in [0.15, 0.2) is 0 Å². The number of hydrogen-bond donors (Lipinski definition) is 3. The van der Waals surface area contributed by atoms with Gasteiger partial charge < -0.3 is 10.4 Å². The number of rotatable bonds is 7. The Morgan fingerprint density at radius 2 is 2.12 bits per heavy atom. The zero-order chi connectivity index (χ0) is 18.4. The van der Waals surface area contributed by atoms with Crippen molar-refractivity contribution in [3.8, 4) is 0 Å². The third-order valence-electron chi connectivity index (χ3n) is 3.68. The van der Waals surface area contributed by atoms with Crippen LogP contribution in [0.4, 0.5) is 15.8 Å². The summed E-state index contributed by atoms with van der Waals surface area (Å²) in [5, 5.41) is 12.1. The molecule has 2 aromatic rings. The van der Waals surface area contributed by atoms with Gasteiger partial charge in [0.25, 0.3) is 5.91 Å². The van der Waals surface area contributed by atoms with Gasteiger partial charge in [-0.3, -0.25) is 9.63 Å². The van der Waals surface area contributed by atoms with Crippen LogP contribution < -0.4 is 10.8 Å². The second-order valence-corrected chi connectivity index (χ2v) is 6.75. The lowest BCUT2D eigenvalue weighted by Crippen LogP contribution is -2.31. The molecule has 7 heteroatoms. The van der Waals surface area contributed by atoms with Crippen LogP contribution in [0.15, 0.2) is 36.4 Å². The summed E-state index contributed by atoms with van der Waals surface area (Å²) in [7, 11) is 0. The Labute approximate surface area is 159 Å². The minimum absolute atomic E-state index is 0.0740. The molecule has 25 heavy (non-hydrogen) atoms. The molecule has 5 nitrogen and oxygen atoms in total. The van der Waals surface area contributed by atoms with E-state index in [9.17, 15) is 9.18 Å². The highest BCUT2D eigenvalue weighted by Crippen LogP contribution is 2.27. The van der Waals surface area contributed by atoms with Crippen LogP contribution in [-0.4, -0.2) is 23.7 Å². The minimum atomic E-state index is -0.586. The number of amides is 1. The fourth-order valence-corrected chi connectivity index (χ4v) is 2.83. The summed E-state index contributed by atoms with van der Waals surface area (Å²) in [5.41, 5.74) is 4.11. The molecule has 0 aliphatic heterocycles. The van der Waals surface area contributed by atoms with Gasteiger partial charge in [0, 0.05) is 9.26 Å². The van der Waals surface area contributed by atoms with Crippen molar-refractivity contribution >= 4 is 39.9 Å². The Kier molecular flexibility index (Phi) is 7.15. The number of carbonyl (C=O) groups excluding carboxylic acids is 1. The van der Waals surface area contributed by atoms with Gasteiger partial charge in [-0.25, -0.2) is 9.87 Å². The first-order valence-electron chi connectivity index (χ1n) is 7.84. The van der Waals surface area contributed by atoms with E-state index < -0.39 is 17.8 Å². The van der Waals surface area contributed by atoms with Crippen LogP contribution in [0.5, 0.6) is 0 Å². The predicted octanol–water partition coefficient (Wildman–Crippen LogP) is 3.91. The summed E-state index contributed by atoms with van der Waals surface area (Å²) < 4.78 is 15.4. The molecule has 1 amide bonds. The van der Waals surface area contributed by atoms with Crippen molar-refractivity contribution in [3.63, 3.8) is 0 Å². The second kappa shape index (κ2) is 9.12. The maximum absolute atomic E-state index is 14.3. The number of carbonyl (C=O) groups is 1. The van der Waals surface area contributed by atoms with Crippen LogP contribution >= 0.6 is 22.6 Å². The fraction of sp³-hybridized carbons (Fsp3) is 0.278. The lowest BCUT2D eigenvalue weighted by Gasteiger charge is -2.17. The molecule has 0 aliphatic rings. The average Bonchev–Trinajstić information content (AvgIpc) is 2.59. The number of aryl methyl sites for hydroxylation is 1. The third-order valence-corrected chi connectivity index (χ3v) is 4.35. The molecule has 0 aromatic heterocycles. The third kappa shape index (κ3) is 5.13. The molecule has 0 fully saturated rings. The highest BCUT2D eigenvalue weighted by molar-refractivity contribution is 14.1. The molecule has 0 spiro atoms. The van der Waals surface area contributed by atoms with Gasteiger partial charge in [-0.2, -0.15) is 0 Å². The Balaban J connectivity index is 2.25. The van der Waals surface area contributed by atoms with Gasteiger partial charge in [0.05, 0.1) is 17.9 Å². The molecule has 0 radical (unpaired) electrons. The van der Waals surface area contributed by atoms with E-state index in [0.717, 1.165) is 9.13 Å².